The van der Waals surface area contributed by atoms with Crippen LogP contribution in [0.4, 0.5) is 5.69 Å². The molecule has 2 aromatic rings. The second kappa shape index (κ2) is 7.90. The van der Waals surface area contributed by atoms with Gasteiger partial charge in [0.2, 0.25) is 18.6 Å². The van der Waals surface area contributed by atoms with Crippen molar-refractivity contribution >= 4 is 17.5 Å². The van der Waals surface area contributed by atoms with Crippen molar-refractivity contribution in [2.75, 3.05) is 32.9 Å². The highest BCUT2D eigenvalue weighted by Gasteiger charge is 2.34. The highest BCUT2D eigenvalue weighted by molar-refractivity contribution is 5.97. The largest absolute Gasteiger partial charge is 0.493 e. The normalized spacial score (nSPS) is 17.4. The van der Waals surface area contributed by atoms with Crippen LogP contribution in [-0.2, 0) is 16.1 Å². The third kappa shape index (κ3) is 3.91. The van der Waals surface area contributed by atoms with E-state index in [-0.39, 0.29) is 25.0 Å². The molecule has 1 atom stereocenters. The van der Waals surface area contributed by atoms with E-state index in [0.29, 0.717) is 41.8 Å². The minimum atomic E-state index is -0.412. The van der Waals surface area contributed by atoms with Crippen molar-refractivity contribution in [3.63, 3.8) is 0 Å². The molecule has 2 heterocycles. The van der Waals surface area contributed by atoms with Gasteiger partial charge in [0.15, 0.2) is 23.0 Å². The lowest BCUT2D eigenvalue weighted by atomic mass is 10.1. The number of ether oxygens (including phenoxy) is 4. The summed E-state index contributed by atoms with van der Waals surface area (Å²) in [6.07, 6.45) is 0.184. The summed E-state index contributed by atoms with van der Waals surface area (Å²) >= 11 is 0. The maximum Gasteiger partial charge on any atom is 0.231 e. The van der Waals surface area contributed by atoms with Gasteiger partial charge < -0.3 is 29.2 Å². The van der Waals surface area contributed by atoms with Crippen LogP contribution in [0.15, 0.2) is 36.4 Å². The number of hydrogen-bond acceptors (Lipinski definition) is 6. The Hall–Kier alpha value is -3.42. The summed E-state index contributed by atoms with van der Waals surface area (Å²) in [4.78, 5) is 26.8. The summed E-state index contributed by atoms with van der Waals surface area (Å²) in [6.45, 7) is 1.00. The first kappa shape index (κ1) is 18.9. The van der Waals surface area contributed by atoms with Gasteiger partial charge in [-0.1, -0.05) is 6.07 Å². The molecule has 1 unspecified atom stereocenters. The van der Waals surface area contributed by atoms with Gasteiger partial charge in [-0.25, -0.2) is 0 Å². The summed E-state index contributed by atoms with van der Waals surface area (Å²) in [5.74, 6) is 1.83. The Morgan fingerprint density at radius 1 is 1.10 bits per heavy atom. The molecule has 2 aliphatic heterocycles. The van der Waals surface area contributed by atoms with Gasteiger partial charge in [0.25, 0.3) is 0 Å². The van der Waals surface area contributed by atoms with Crippen molar-refractivity contribution in [3.8, 4) is 23.0 Å². The van der Waals surface area contributed by atoms with E-state index in [1.54, 1.807) is 30.2 Å². The first-order valence-corrected chi connectivity index (χ1v) is 9.26. The molecule has 0 aliphatic carbocycles. The van der Waals surface area contributed by atoms with Crippen LogP contribution < -0.4 is 24.3 Å². The van der Waals surface area contributed by atoms with Gasteiger partial charge in [-0.05, 0) is 29.8 Å². The quantitative estimate of drug-likeness (QED) is 0.804. The number of carbonyl (C=O) groups excluding carboxylic acids is 2. The molecule has 152 valence electrons. The van der Waals surface area contributed by atoms with E-state index in [1.165, 1.54) is 7.11 Å². The molecule has 29 heavy (non-hydrogen) atoms. The van der Waals surface area contributed by atoms with Gasteiger partial charge in [0, 0.05) is 31.3 Å². The number of methoxy groups -OCH3 is 2. The Labute approximate surface area is 168 Å². The van der Waals surface area contributed by atoms with E-state index in [1.807, 2.05) is 18.2 Å². The third-order valence-corrected chi connectivity index (χ3v) is 5.05. The fraction of sp³-hybridized carbons (Fsp3) is 0.333. The van der Waals surface area contributed by atoms with Crippen molar-refractivity contribution in [2.45, 2.75) is 13.0 Å². The summed E-state index contributed by atoms with van der Waals surface area (Å²) in [5.41, 5.74) is 1.53. The molecular weight excluding hydrogens is 376 g/mol. The lowest BCUT2D eigenvalue weighted by molar-refractivity contribution is -0.128. The summed E-state index contributed by atoms with van der Waals surface area (Å²) in [7, 11) is 3.09. The van der Waals surface area contributed by atoms with Gasteiger partial charge in [-0.3, -0.25) is 9.59 Å². The van der Waals surface area contributed by atoms with E-state index < -0.39 is 5.92 Å². The fourth-order valence-corrected chi connectivity index (χ4v) is 3.52. The van der Waals surface area contributed by atoms with Crippen LogP contribution in [0.2, 0.25) is 0 Å². The Kier molecular flexibility index (Phi) is 5.16. The number of fused-ring (bicyclic) bond motifs is 1. The minimum absolute atomic E-state index is 0.0462. The molecule has 1 fully saturated rings. The molecule has 2 amide bonds. The molecule has 1 N–H and O–H groups in total. The number of anilines is 1. The molecule has 0 saturated carbocycles. The molecule has 2 aliphatic rings. The maximum absolute atomic E-state index is 12.7. The van der Waals surface area contributed by atoms with Crippen molar-refractivity contribution in [1.82, 2.24) is 4.90 Å². The molecule has 8 heteroatoms. The molecule has 1 saturated heterocycles. The smallest absolute Gasteiger partial charge is 0.231 e. The molecule has 2 aromatic carbocycles. The number of carbonyl (C=O) groups is 2. The van der Waals surface area contributed by atoms with Crippen molar-refractivity contribution < 1.29 is 28.5 Å². The van der Waals surface area contributed by atoms with Crippen LogP contribution in [0.1, 0.15) is 12.0 Å². The summed E-state index contributed by atoms with van der Waals surface area (Å²) < 4.78 is 21.2. The zero-order valence-electron chi connectivity index (χ0n) is 16.3. The number of amides is 2. The van der Waals surface area contributed by atoms with Crippen LogP contribution in [0.5, 0.6) is 23.0 Å². The predicted octanol–water partition coefficient (Wildman–Crippen LogP) is 2.42. The standard InChI is InChI=1S/C21H22N2O6/c1-26-16-6-4-15(9-18(16)27-2)22-21(25)14-8-20(24)23(11-14)10-13-3-5-17-19(7-13)29-12-28-17/h3-7,9,14H,8,10-12H2,1-2H3,(H,22,25). The zero-order chi connectivity index (χ0) is 20.4. The SMILES string of the molecule is COc1ccc(NC(=O)C2CC(=O)N(Cc3ccc4c(c3)OCO4)C2)cc1OC. The van der Waals surface area contributed by atoms with E-state index >= 15 is 0 Å². The van der Waals surface area contributed by atoms with Gasteiger partial charge in [0.05, 0.1) is 20.1 Å². The maximum atomic E-state index is 12.7. The Morgan fingerprint density at radius 3 is 2.69 bits per heavy atom. The number of likely N-dealkylation sites (tertiary alicyclic amines) is 1. The van der Waals surface area contributed by atoms with Crippen LogP contribution in [-0.4, -0.2) is 44.3 Å². The van der Waals surface area contributed by atoms with Crippen LogP contribution in [0, 0.1) is 5.92 Å². The summed E-state index contributed by atoms with van der Waals surface area (Å²) in [6, 6.07) is 10.8. The lowest BCUT2D eigenvalue weighted by Crippen LogP contribution is -2.28. The van der Waals surface area contributed by atoms with Gasteiger partial charge in [-0.15, -0.1) is 0 Å². The second-order valence-corrected chi connectivity index (χ2v) is 6.92. The highest BCUT2D eigenvalue weighted by atomic mass is 16.7. The van der Waals surface area contributed by atoms with Gasteiger partial charge in [0.1, 0.15) is 0 Å². The van der Waals surface area contributed by atoms with E-state index in [2.05, 4.69) is 5.32 Å². The molecular formula is C21H22N2O6. The van der Waals surface area contributed by atoms with Crippen molar-refractivity contribution in [3.05, 3.63) is 42.0 Å². The average Bonchev–Trinajstić information content (AvgIpc) is 3.34. The second-order valence-electron chi connectivity index (χ2n) is 6.92. The lowest BCUT2D eigenvalue weighted by Gasteiger charge is -2.17. The predicted molar refractivity (Wildman–Crippen MR) is 104 cm³/mol. The third-order valence-electron chi connectivity index (χ3n) is 5.05. The number of nitrogens with zero attached hydrogens (tertiary/aromatic N) is 1. The number of benzene rings is 2. The highest BCUT2D eigenvalue weighted by Crippen LogP contribution is 2.34. The molecule has 0 aromatic heterocycles. The first-order valence-electron chi connectivity index (χ1n) is 9.26. The van der Waals surface area contributed by atoms with Crippen molar-refractivity contribution in [2.24, 2.45) is 5.92 Å². The number of nitrogens with one attached hydrogen (secondary N) is 1. The van der Waals surface area contributed by atoms with Gasteiger partial charge in [-0.2, -0.15) is 0 Å². The fourth-order valence-electron chi connectivity index (χ4n) is 3.52. The van der Waals surface area contributed by atoms with Crippen LogP contribution >= 0.6 is 0 Å². The summed E-state index contributed by atoms with van der Waals surface area (Å²) in [5, 5.41) is 2.86. The minimum Gasteiger partial charge on any atom is -0.493 e. The Morgan fingerprint density at radius 2 is 1.90 bits per heavy atom. The van der Waals surface area contributed by atoms with Crippen LogP contribution in [0.25, 0.3) is 0 Å². The molecule has 8 nitrogen and oxygen atoms in total. The molecule has 0 spiro atoms. The van der Waals surface area contributed by atoms with Crippen LogP contribution in [0.3, 0.4) is 0 Å². The topological polar surface area (TPSA) is 86.3 Å². The monoisotopic (exact) mass is 398 g/mol. The molecule has 0 radical (unpaired) electrons. The van der Waals surface area contributed by atoms with E-state index in [0.717, 1.165) is 5.56 Å². The van der Waals surface area contributed by atoms with Gasteiger partial charge >= 0.3 is 0 Å². The Bertz CT molecular complexity index is 945. The van der Waals surface area contributed by atoms with E-state index in [4.69, 9.17) is 18.9 Å². The molecule has 0 bridgehead atoms. The first-order chi connectivity index (χ1) is 14.1. The number of rotatable bonds is 6. The zero-order valence-corrected chi connectivity index (χ0v) is 16.3. The number of hydrogen-bond donors (Lipinski definition) is 1. The van der Waals surface area contributed by atoms with E-state index in [9.17, 15) is 9.59 Å². The molecule has 4 rings (SSSR count). The Balaban J connectivity index is 1.39. The average molecular weight is 398 g/mol. The van der Waals surface area contributed by atoms with Crippen molar-refractivity contribution in [1.29, 1.82) is 0 Å².